The Morgan fingerprint density at radius 3 is 2.40 bits per heavy atom. The predicted octanol–water partition coefficient (Wildman–Crippen LogP) is 4.78. The number of benzene rings is 2. The minimum absolute atomic E-state index is 0.687. The molecule has 0 aliphatic heterocycles. The molecule has 1 aromatic heterocycles. The standard InChI is InChI=1S/C19H16N4OS/c1-13-21-18(14-3-7-16(24-2)8-4-14)11-19(22-13)23-15-5-9-17(10-6-15)25-12-20/h3-11H,1-2H3,(H,21,22,23). The van der Waals surface area contributed by atoms with Gasteiger partial charge in [-0.2, -0.15) is 5.26 Å². The topological polar surface area (TPSA) is 70.8 Å². The lowest BCUT2D eigenvalue weighted by Gasteiger charge is -2.09. The SMILES string of the molecule is COc1ccc(-c2cc(Nc3ccc(SC#N)cc3)nc(C)n2)cc1. The number of aromatic nitrogens is 2. The Balaban J connectivity index is 1.84. The van der Waals surface area contributed by atoms with E-state index in [4.69, 9.17) is 10.00 Å². The summed E-state index contributed by atoms with van der Waals surface area (Å²) in [6.45, 7) is 1.87. The number of aryl methyl sites for hydroxylation is 1. The molecule has 1 N–H and O–H groups in total. The summed E-state index contributed by atoms with van der Waals surface area (Å²) < 4.78 is 5.19. The number of hydrogen-bond donors (Lipinski definition) is 1. The molecule has 0 saturated heterocycles. The van der Waals surface area contributed by atoms with E-state index in [2.05, 4.69) is 20.7 Å². The number of nitriles is 1. The van der Waals surface area contributed by atoms with Crippen LogP contribution >= 0.6 is 11.8 Å². The average molecular weight is 348 g/mol. The first-order valence-corrected chi connectivity index (χ1v) is 8.43. The van der Waals surface area contributed by atoms with Crippen molar-refractivity contribution in [2.24, 2.45) is 0 Å². The van der Waals surface area contributed by atoms with E-state index >= 15 is 0 Å². The summed E-state index contributed by atoms with van der Waals surface area (Å²) >= 11 is 1.14. The van der Waals surface area contributed by atoms with Crippen molar-refractivity contribution in [2.45, 2.75) is 11.8 Å². The zero-order chi connectivity index (χ0) is 17.6. The van der Waals surface area contributed by atoms with Crippen LogP contribution in [0.3, 0.4) is 0 Å². The Labute approximate surface area is 150 Å². The molecule has 3 rings (SSSR count). The second kappa shape index (κ2) is 7.69. The Bertz CT molecular complexity index is 902. The first-order chi connectivity index (χ1) is 12.2. The van der Waals surface area contributed by atoms with Crippen molar-refractivity contribution in [3.8, 4) is 22.4 Å². The molecule has 0 bridgehead atoms. The summed E-state index contributed by atoms with van der Waals surface area (Å²) in [6, 6.07) is 17.3. The van der Waals surface area contributed by atoms with E-state index in [1.165, 1.54) is 0 Å². The molecule has 0 aliphatic carbocycles. The van der Waals surface area contributed by atoms with Crippen molar-refractivity contribution < 1.29 is 4.74 Å². The summed E-state index contributed by atoms with van der Waals surface area (Å²) in [5.74, 6) is 2.22. The molecule has 0 atom stereocenters. The zero-order valence-corrected chi connectivity index (χ0v) is 14.7. The lowest BCUT2D eigenvalue weighted by Crippen LogP contribution is -1.99. The van der Waals surface area contributed by atoms with Crippen LogP contribution in [-0.2, 0) is 0 Å². The van der Waals surface area contributed by atoms with Crippen LogP contribution in [0.1, 0.15) is 5.82 Å². The molecule has 0 aliphatic rings. The maximum atomic E-state index is 8.70. The van der Waals surface area contributed by atoms with Gasteiger partial charge >= 0.3 is 0 Å². The fraction of sp³-hybridized carbons (Fsp3) is 0.105. The fourth-order valence-corrected chi connectivity index (χ4v) is 2.73. The van der Waals surface area contributed by atoms with Crippen LogP contribution in [0.5, 0.6) is 5.75 Å². The van der Waals surface area contributed by atoms with Crippen molar-refractivity contribution in [3.05, 3.63) is 60.4 Å². The molecule has 3 aromatic rings. The maximum Gasteiger partial charge on any atom is 0.138 e. The van der Waals surface area contributed by atoms with Crippen LogP contribution in [0.4, 0.5) is 11.5 Å². The van der Waals surface area contributed by atoms with Gasteiger partial charge in [-0.1, -0.05) is 0 Å². The summed E-state index contributed by atoms with van der Waals surface area (Å²) in [4.78, 5) is 9.86. The Morgan fingerprint density at radius 1 is 1.04 bits per heavy atom. The second-order valence-corrected chi connectivity index (χ2v) is 6.11. The van der Waals surface area contributed by atoms with Crippen LogP contribution in [0, 0.1) is 17.6 Å². The highest BCUT2D eigenvalue weighted by atomic mass is 32.2. The molecule has 0 radical (unpaired) electrons. The molecule has 0 fully saturated rings. The van der Waals surface area contributed by atoms with E-state index in [0.717, 1.165) is 45.2 Å². The molecule has 1 heterocycles. The van der Waals surface area contributed by atoms with Gasteiger partial charge in [-0.05, 0) is 67.2 Å². The molecular weight excluding hydrogens is 332 g/mol. The van der Waals surface area contributed by atoms with Gasteiger partial charge in [-0.3, -0.25) is 0 Å². The van der Waals surface area contributed by atoms with E-state index in [0.29, 0.717) is 5.82 Å². The van der Waals surface area contributed by atoms with E-state index in [1.54, 1.807) is 7.11 Å². The minimum atomic E-state index is 0.687. The Morgan fingerprint density at radius 2 is 1.76 bits per heavy atom. The number of hydrogen-bond acceptors (Lipinski definition) is 6. The highest BCUT2D eigenvalue weighted by molar-refractivity contribution is 8.03. The molecule has 0 saturated carbocycles. The summed E-state index contributed by atoms with van der Waals surface area (Å²) in [5.41, 5.74) is 2.74. The van der Waals surface area contributed by atoms with Gasteiger partial charge in [-0.15, -0.1) is 0 Å². The van der Waals surface area contributed by atoms with Gasteiger partial charge in [-0.25, -0.2) is 9.97 Å². The molecule has 2 aromatic carbocycles. The Hall–Kier alpha value is -3.04. The molecular formula is C19H16N4OS. The van der Waals surface area contributed by atoms with Gasteiger partial charge < -0.3 is 10.1 Å². The highest BCUT2D eigenvalue weighted by Gasteiger charge is 2.06. The van der Waals surface area contributed by atoms with Gasteiger partial charge in [0.15, 0.2) is 0 Å². The number of anilines is 2. The lowest BCUT2D eigenvalue weighted by molar-refractivity contribution is 0.415. The maximum absolute atomic E-state index is 8.70. The van der Waals surface area contributed by atoms with Crippen LogP contribution < -0.4 is 10.1 Å². The molecule has 0 spiro atoms. The van der Waals surface area contributed by atoms with Crippen molar-refractivity contribution in [1.82, 2.24) is 9.97 Å². The van der Waals surface area contributed by atoms with Crippen LogP contribution in [0.25, 0.3) is 11.3 Å². The molecule has 5 nitrogen and oxygen atoms in total. The van der Waals surface area contributed by atoms with E-state index in [9.17, 15) is 0 Å². The monoisotopic (exact) mass is 348 g/mol. The van der Waals surface area contributed by atoms with Crippen molar-refractivity contribution in [1.29, 1.82) is 5.26 Å². The van der Waals surface area contributed by atoms with Crippen molar-refractivity contribution in [3.63, 3.8) is 0 Å². The summed E-state index contributed by atoms with van der Waals surface area (Å²) in [5, 5.41) is 14.0. The fourth-order valence-electron chi connectivity index (χ4n) is 2.35. The average Bonchev–Trinajstić information content (AvgIpc) is 2.63. The Kier molecular flexibility index (Phi) is 5.17. The second-order valence-electron chi connectivity index (χ2n) is 5.26. The number of methoxy groups -OCH3 is 1. The molecule has 0 unspecified atom stereocenters. The molecule has 0 amide bonds. The highest BCUT2D eigenvalue weighted by Crippen LogP contribution is 2.25. The third-order valence-electron chi connectivity index (χ3n) is 3.51. The summed E-state index contributed by atoms with van der Waals surface area (Å²) in [7, 11) is 1.65. The van der Waals surface area contributed by atoms with E-state index in [-0.39, 0.29) is 0 Å². The van der Waals surface area contributed by atoms with Gasteiger partial charge in [0, 0.05) is 22.2 Å². The van der Waals surface area contributed by atoms with Crippen LogP contribution in [0.15, 0.2) is 59.5 Å². The van der Waals surface area contributed by atoms with Gasteiger partial charge in [0.2, 0.25) is 0 Å². The van der Waals surface area contributed by atoms with Gasteiger partial charge in [0.1, 0.15) is 22.8 Å². The smallest absolute Gasteiger partial charge is 0.138 e. The first-order valence-electron chi connectivity index (χ1n) is 7.61. The van der Waals surface area contributed by atoms with Crippen molar-refractivity contribution in [2.75, 3.05) is 12.4 Å². The van der Waals surface area contributed by atoms with E-state index in [1.807, 2.05) is 61.5 Å². The van der Waals surface area contributed by atoms with Gasteiger partial charge in [0.05, 0.1) is 12.8 Å². The van der Waals surface area contributed by atoms with E-state index < -0.39 is 0 Å². The summed E-state index contributed by atoms with van der Waals surface area (Å²) in [6.07, 6.45) is 0. The number of thiocyanates is 1. The number of nitrogens with one attached hydrogen (secondary N) is 1. The van der Waals surface area contributed by atoms with Crippen molar-refractivity contribution >= 4 is 23.3 Å². The first kappa shape index (κ1) is 16.8. The third kappa shape index (κ3) is 4.28. The van der Waals surface area contributed by atoms with Crippen LogP contribution in [-0.4, -0.2) is 17.1 Å². The number of ether oxygens (including phenoxy) is 1. The molecule has 25 heavy (non-hydrogen) atoms. The third-order valence-corrected chi connectivity index (χ3v) is 4.11. The molecule has 6 heteroatoms. The zero-order valence-electron chi connectivity index (χ0n) is 13.9. The van der Waals surface area contributed by atoms with Crippen LogP contribution in [0.2, 0.25) is 0 Å². The molecule has 124 valence electrons. The number of thioether (sulfide) groups is 1. The van der Waals surface area contributed by atoms with Gasteiger partial charge in [0.25, 0.3) is 0 Å². The normalized spacial score (nSPS) is 10.1. The number of rotatable bonds is 5. The largest absolute Gasteiger partial charge is 0.497 e. The quantitative estimate of drug-likeness (QED) is 0.528. The number of nitrogens with zero attached hydrogens (tertiary/aromatic N) is 3. The predicted molar refractivity (Wildman–Crippen MR) is 100.0 cm³/mol. The lowest BCUT2D eigenvalue weighted by atomic mass is 10.1. The minimum Gasteiger partial charge on any atom is -0.497 e.